The van der Waals surface area contributed by atoms with Gasteiger partial charge in [-0.2, -0.15) is 0 Å². The van der Waals surface area contributed by atoms with E-state index in [9.17, 15) is 4.79 Å². The number of likely N-dealkylation sites (tertiary alicyclic amines) is 1. The van der Waals surface area contributed by atoms with Crippen molar-refractivity contribution in [2.75, 3.05) is 13.1 Å². The molecule has 124 valence electrons. The summed E-state index contributed by atoms with van der Waals surface area (Å²) < 4.78 is 0. The molecule has 0 bridgehead atoms. The Bertz CT molecular complexity index is 536. The first-order valence-corrected chi connectivity index (χ1v) is 8.93. The number of hydrogen-bond donors (Lipinski definition) is 1. The summed E-state index contributed by atoms with van der Waals surface area (Å²) in [4.78, 5) is 13.5. The third-order valence-electron chi connectivity index (χ3n) is 5.44. The maximum absolute atomic E-state index is 10.8. The monoisotopic (exact) mass is 313 g/mol. The molecular formula is C20H27NO2. The Balaban J connectivity index is 1.68. The second kappa shape index (κ2) is 7.78. The average molecular weight is 313 g/mol. The van der Waals surface area contributed by atoms with Gasteiger partial charge in [-0.3, -0.25) is 4.90 Å². The zero-order chi connectivity index (χ0) is 16.1. The van der Waals surface area contributed by atoms with Gasteiger partial charge in [0.05, 0.1) is 0 Å². The van der Waals surface area contributed by atoms with Crippen molar-refractivity contribution >= 4 is 5.97 Å². The van der Waals surface area contributed by atoms with Gasteiger partial charge in [0.2, 0.25) is 0 Å². The van der Waals surface area contributed by atoms with Gasteiger partial charge in [-0.05, 0) is 69.5 Å². The van der Waals surface area contributed by atoms with Crippen molar-refractivity contribution in [3.05, 3.63) is 47.5 Å². The largest absolute Gasteiger partial charge is 0.478 e. The highest BCUT2D eigenvalue weighted by molar-refractivity contribution is 5.80. The fourth-order valence-electron chi connectivity index (χ4n) is 4.24. The molecule has 1 aromatic carbocycles. The molecule has 2 fully saturated rings. The van der Waals surface area contributed by atoms with Crippen molar-refractivity contribution in [3.8, 4) is 0 Å². The van der Waals surface area contributed by atoms with E-state index in [2.05, 4.69) is 35.2 Å². The van der Waals surface area contributed by atoms with E-state index in [1.54, 1.807) is 0 Å². The molecule has 3 nitrogen and oxygen atoms in total. The minimum Gasteiger partial charge on any atom is -0.478 e. The zero-order valence-corrected chi connectivity index (χ0v) is 13.8. The SMILES string of the molecule is O=C(O)C=C1CCC(C(Cc2ccccc2)N2CCCC2)CC1. The number of aliphatic carboxylic acids is 1. The summed E-state index contributed by atoms with van der Waals surface area (Å²) in [5, 5.41) is 8.92. The van der Waals surface area contributed by atoms with Crippen LogP contribution in [-0.4, -0.2) is 35.1 Å². The Labute approximate surface area is 139 Å². The summed E-state index contributed by atoms with van der Waals surface area (Å²) in [5.74, 6) is -0.0990. The fourth-order valence-corrected chi connectivity index (χ4v) is 4.24. The molecule has 0 spiro atoms. The Morgan fingerprint density at radius 2 is 1.83 bits per heavy atom. The number of allylic oxidation sites excluding steroid dienone is 1. The van der Waals surface area contributed by atoms with Gasteiger partial charge < -0.3 is 5.11 Å². The molecule has 0 aromatic heterocycles. The molecule has 1 aliphatic carbocycles. The van der Waals surface area contributed by atoms with E-state index in [4.69, 9.17) is 5.11 Å². The third-order valence-corrected chi connectivity index (χ3v) is 5.44. The Morgan fingerprint density at radius 3 is 2.43 bits per heavy atom. The Hall–Kier alpha value is -1.61. The number of rotatable bonds is 5. The lowest BCUT2D eigenvalue weighted by atomic mass is 9.79. The summed E-state index contributed by atoms with van der Waals surface area (Å²) in [6.07, 6.45) is 9.37. The predicted molar refractivity (Wildman–Crippen MR) is 92.4 cm³/mol. The summed E-state index contributed by atoms with van der Waals surface area (Å²) in [5.41, 5.74) is 2.55. The average Bonchev–Trinajstić information content (AvgIpc) is 3.08. The summed E-state index contributed by atoms with van der Waals surface area (Å²) in [6.45, 7) is 2.46. The van der Waals surface area contributed by atoms with Crippen LogP contribution >= 0.6 is 0 Å². The second-order valence-electron chi connectivity index (χ2n) is 6.98. The van der Waals surface area contributed by atoms with Crippen molar-refractivity contribution < 1.29 is 9.90 Å². The first-order valence-electron chi connectivity index (χ1n) is 8.93. The Kier molecular flexibility index (Phi) is 5.50. The highest BCUT2D eigenvalue weighted by Gasteiger charge is 2.31. The van der Waals surface area contributed by atoms with Crippen LogP contribution in [0.5, 0.6) is 0 Å². The first kappa shape index (κ1) is 16.3. The molecule has 1 atom stereocenters. The van der Waals surface area contributed by atoms with E-state index >= 15 is 0 Å². The minimum absolute atomic E-state index is 0.617. The van der Waals surface area contributed by atoms with Crippen molar-refractivity contribution in [1.29, 1.82) is 0 Å². The molecule has 1 N–H and O–H groups in total. The molecule has 3 rings (SSSR count). The lowest BCUT2D eigenvalue weighted by Gasteiger charge is -2.37. The van der Waals surface area contributed by atoms with Gasteiger partial charge >= 0.3 is 5.97 Å². The molecule has 3 heteroatoms. The molecule has 2 aliphatic rings. The number of carboxylic acid groups (broad SMARTS) is 1. The van der Waals surface area contributed by atoms with Crippen LogP contribution in [0.4, 0.5) is 0 Å². The maximum atomic E-state index is 10.8. The van der Waals surface area contributed by atoms with Crippen LogP contribution in [0.15, 0.2) is 42.0 Å². The first-order chi connectivity index (χ1) is 11.2. The lowest BCUT2D eigenvalue weighted by Crippen LogP contribution is -2.41. The number of carboxylic acids is 1. The molecule has 1 unspecified atom stereocenters. The van der Waals surface area contributed by atoms with Crippen molar-refractivity contribution in [2.45, 2.75) is 51.0 Å². The fraction of sp³-hybridized carbons (Fsp3) is 0.550. The normalized spacial score (nSPS) is 23.7. The van der Waals surface area contributed by atoms with Crippen LogP contribution in [0.2, 0.25) is 0 Å². The maximum Gasteiger partial charge on any atom is 0.328 e. The van der Waals surface area contributed by atoms with Gasteiger partial charge in [-0.1, -0.05) is 35.9 Å². The van der Waals surface area contributed by atoms with Crippen LogP contribution in [-0.2, 0) is 11.2 Å². The van der Waals surface area contributed by atoms with E-state index in [1.165, 1.54) is 37.6 Å². The number of nitrogens with zero attached hydrogens (tertiary/aromatic N) is 1. The molecule has 1 aromatic rings. The van der Waals surface area contributed by atoms with Gasteiger partial charge in [0.1, 0.15) is 0 Å². The number of carbonyl (C=O) groups is 1. The van der Waals surface area contributed by atoms with Crippen molar-refractivity contribution in [3.63, 3.8) is 0 Å². The molecule has 1 saturated carbocycles. The van der Waals surface area contributed by atoms with E-state index in [0.29, 0.717) is 12.0 Å². The number of hydrogen-bond acceptors (Lipinski definition) is 2. The summed E-state index contributed by atoms with van der Waals surface area (Å²) >= 11 is 0. The van der Waals surface area contributed by atoms with E-state index in [0.717, 1.165) is 37.7 Å². The Morgan fingerprint density at radius 1 is 1.17 bits per heavy atom. The topological polar surface area (TPSA) is 40.5 Å². The van der Waals surface area contributed by atoms with E-state index in [1.807, 2.05) is 0 Å². The summed E-state index contributed by atoms with van der Waals surface area (Å²) in [7, 11) is 0. The van der Waals surface area contributed by atoms with Crippen LogP contribution in [0.25, 0.3) is 0 Å². The van der Waals surface area contributed by atoms with E-state index in [-0.39, 0.29) is 0 Å². The van der Waals surface area contributed by atoms with Gasteiger partial charge in [0.25, 0.3) is 0 Å². The van der Waals surface area contributed by atoms with E-state index < -0.39 is 5.97 Å². The quantitative estimate of drug-likeness (QED) is 0.838. The van der Waals surface area contributed by atoms with Gasteiger partial charge in [-0.15, -0.1) is 0 Å². The highest BCUT2D eigenvalue weighted by Crippen LogP contribution is 2.34. The minimum atomic E-state index is -0.793. The van der Waals surface area contributed by atoms with Gasteiger partial charge in [0, 0.05) is 12.1 Å². The van der Waals surface area contributed by atoms with Crippen LogP contribution in [0.3, 0.4) is 0 Å². The molecular weight excluding hydrogens is 286 g/mol. The second-order valence-corrected chi connectivity index (χ2v) is 6.98. The smallest absolute Gasteiger partial charge is 0.328 e. The van der Waals surface area contributed by atoms with Crippen molar-refractivity contribution in [2.24, 2.45) is 5.92 Å². The summed E-state index contributed by atoms with van der Waals surface area (Å²) in [6, 6.07) is 11.4. The molecule has 1 saturated heterocycles. The number of benzene rings is 1. The molecule has 1 heterocycles. The van der Waals surface area contributed by atoms with Gasteiger partial charge in [-0.25, -0.2) is 4.79 Å². The standard InChI is InChI=1S/C20H27NO2/c22-20(23)15-17-8-10-18(11-9-17)19(21-12-4-5-13-21)14-16-6-2-1-3-7-16/h1-3,6-7,15,18-19H,4-5,8-14H2,(H,22,23). The third kappa shape index (κ3) is 4.44. The lowest BCUT2D eigenvalue weighted by molar-refractivity contribution is -0.131. The molecule has 0 amide bonds. The van der Waals surface area contributed by atoms with Gasteiger partial charge in [0.15, 0.2) is 0 Å². The molecule has 0 radical (unpaired) electrons. The van der Waals surface area contributed by atoms with Crippen LogP contribution < -0.4 is 0 Å². The highest BCUT2D eigenvalue weighted by atomic mass is 16.4. The molecule has 1 aliphatic heterocycles. The predicted octanol–water partition coefficient (Wildman–Crippen LogP) is 3.89. The van der Waals surface area contributed by atoms with Crippen LogP contribution in [0.1, 0.15) is 44.1 Å². The zero-order valence-electron chi connectivity index (χ0n) is 13.8. The molecule has 23 heavy (non-hydrogen) atoms. The van der Waals surface area contributed by atoms with Crippen molar-refractivity contribution in [1.82, 2.24) is 4.90 Å². The van der Waals surface area contributed by atoms with Crippen LogP contribution in [0, 0.1) is 5.92 Å².